The number of carboxylic acids is 1. The minimum atomic E-state index is -0.973. The van der Waals surface area contributed by atoms with Gasteiger partial charge in [-0.15, -0.1) is 5.10 Å². The fourth-order valence-electron chi connectivity index (χ4n) is 1.80. The molecule has 2 aromatic rings. The third-order valence-electron chi connectivity index (χ3n) is 2.87. The van der Waals surface area contributed by atoms with E-state index in [2.05, 4.69) is 31.1 Å². The van der Waals surface area contributed by atoms with Gasteiger partial charge in [-0.1, -0.05) is 13.8 Å². The number of rotatable bonds is 5. The number of aromatic nitrogens is 3. The molecule has 0 aliphatic rings. The van der Waals surface area contributed by atoms with Crippen LogP contribution < -0.4 is 0 Å². The molecule has 0 spiro atoms. The molecule has 0 saturated heterocycles. The molecule has 1 heterocycles. The van der Waals surface area contributed by atoms with Gasteiger partial charge in [0, 0.05) is 9.37 Å². The summed E-state index contributed by atoms with van der Waals surface area (Å²) in [5.74, 6) is -0.973. The van der Waals surface area contributed by atoms with Crippen LogP contribution in [-0.4, -0.2) is 26.3 Å². The van der Waals surface area contributed by atoms with E-state index in [1.807, 2.05) is 19.9 Å². The SMILES string of the molecule is CCc1nnc(Sc2ccc(Br)c(C(=O)O)c2)nc1CC. The second-order valence-electron chi connectivity index (χ2n) is 4.24. The molecule has 0 bridgehead atoms. The van der Waals surface area contributed by atoms with E-state index in [0.29, 0.717) is 9.63 Å². The van der Waals surface area contributed by atoms with Crippen LogP contribution in [0.25, 0.3) is 0 Å². The van der Waals surface area contributed by atoms with E-state index in [1.54, 1.807) is 12.1 Å². The molecule has 110 valence electrons. The lowest BCUT2D eigenvalue weighted by molar-refractivity contribution is 0.0695. The van der Waals surface area contributed by atoms with E-state index in [9.17, 15) is 4.79 Å². The van der Waals surface area contributed by atoms with Crippen molar-refractivity contribution in [2.45, 2.75) is 36.7 Å². The van der Waals surface area contributed by atoms with Gasteiger partial charge in [0.05, 0.1) is 17.0 Å². The molecular weight excluding hydrogens is 354 g/mol. The number of hydrogen-bond acceptors (Lipinski definition) is 5. The Hall–Kier alpha value is -1.47. The molecule has 1 aromatic carbocycles. The van der Waals surface area contributed by atoms with Gasteiger partial charge >= 0.3 is 5.97 Å². The number of nitrogens with zero attached hydrogens (tertiary/aromatic N) is 3. The maximum Gasteiger partial charge on any atom is 0.336 e. The van der Waals surface area contributed by atoms with Crippen molar-refractivity contribution in [3.63, 3.8) is 0 Å². The number of hydrogen-bond donors (Lipinski definition) is 1. The monoisotopic (exact) mass is 367 g/mol. The third-order valence-corrected chi connectivity index (χ3v) is 4.40. The average Bonchev–Trinajstić information content (AvgIpc) is 2.48. The standard InChI is InChI=1S/C14H14BrN3O2S/c1-3-11-12(4-2)17-18-14(16-11)21-8-5-6-10(15)9(7-8)13(19)20/h5-7H,3-4H2,1-2H3,(H,19,20). The molecule has 1 N–H and O–H groups in total. The van der Waals surface area contributed by atoms with Crippen molar-refractivity contribution in [1.82, 2.24) is 15.2 Å². The third kappa shape index (κ3) is 3.79. The quantitative estimate of drug-likeness (QED) is 0.869. The Morgan fingerprint density at radius 1 is 1.24 bits per heavy atom. The number of carbonyl (C=O) groups is 1. The number of carboxylic acid groups (broad SMARTS) is 1. The predicted octanol–water partition coefficient (Wildman–Crippen LogP) is 3.61. The van der Waals surface area contributed by atoms with Crippen LogP contribution in [0.15, 0.2) is 32.7 Å². The van der Waals surface area contributed by atoms with Crippen LogP contribution >= 0.6 is 27.7 Å². The molecule has 2 rings (SSSR count). The molecule has 21 heavy (non-hydrogen) atoms. The largest absolute Gasteiger partial charge is 0.478 e. The molecule has 7 heteroatoms. The molecule has 5 nitrogen and oxygen atoms in total. The zero-order valence-electron chi connectivity index (χ0n) is 11.6. The van der Waals surface area contributed by atoms with Crippen molar-refractivity contribution < 1.29 is 9.90 Å². The van der Waals surface area contributed by atoms with E-state index in [4.69, 9.17) is 5.11 Å². The highest BCUT2D eigenvalue weighted by Crippen LogP contribution is 2.28. The summed E-state index contributed by atoms with van der Waals surface area (Å²) in [5, 5.41) is 17.9. The first kappa shape index (κ1) is 15.9. The van der Waals surface area contributed by atoms with Gasteiger partial charge in [0.1, 0.15) is 0 Å². The van der Waals surface area contributed by atoms with E-state index < -0.39 is 5.97 Å². The smallest absolute Gasteiger partial charge is 0.336 e. The molecule has 0 aliphatic heterocycles. The highest BCUT2D eigenvalue weighted by Gasteiger charge is 2.12. The Balaban J connectivity index is 2.30. The van der Waals surface area contributed by atoms with E-state index in [1.165, 1.54) is 11.8 Å². The molecule has 0 saturated carbocycles. The molecular formula is C14H14BrN3O2S. The Kier molecular flexibility index (Phi) is 5.30. The fraction of sp³-hybridized carbons (Fsp3) is 0.286. The first-order valence-electron chi connectivity index (χ1n) is 6.48. The van der Waals surface area contributed by atoms with Gasteiger partial charge in [-0.25, -0.2) is 9.78 Å². The maximum atomic E-state index is 11.1. The van der Waals surface area contributed by atoms with Crippen molar-refractivity contribution >= 4 is 33.7 Å². The second kappa shape index (κ2) is 7.00. The van der Waals surface area contributed by atoms with Crippen LogP contribution in [0.1, 0.15) is 35.6 Å². The van der Waals surface area contributed by atoms with Crippen LogP contribution in [0.3, 0.4) is 0 Å². The van der Waals surface area contributed by atoms with Gasteiger partial charge in [-0.05, 0) is 58.7 Å². The van der Waals surface area contributed by atoms with Crippen molar-refractivity contribution in [1.29, 1.82) is 0 Å². The average molecular weight is 368 g/mol. The Labute approximate surface area is 135 Å². The normalized spacial score (nSPS) is 10.6. The number of halogens is 1. The topological polar surface area (TPSA) is 76.0 Å². The summed E-state index contributed by atoms with van der Waals surface area (Å²) in [6.07, 6.45) is 1.60. The Morgan fingerprint density at radius 3 is 2.57 bits per heavy atom. The minimum Gasteiger partial charge on any atom is -0.478 e. The van der Waals surface area contributed by atoms with Crippen LogP contribution in [0.2, 0.25) is 0 Å². The highest BCUT2D eigenvalue weighted by atomic mass is 79.9. The molecule has 0 fully saturated rings. The summed E-state index contributed by atoms with van der Waals surface area (Å²) in [6.45, 7) is 4.05. The summed E-state index contributed by atoms with van der Waals surface area (Å²) in [5.41, 5.74) is 2.06. The minimum absolute atomic E-state index is 0.217. The fourth-order valence-corrected chi connectivity index (χ4v) is 2.98. The van der Waals surface area contributed by atoms with Crippen molar-refractivity contribution in [3.05, 3.63) is 39.6 Å². The summed E-state index contributed by atoms with van der Waals surface area (Å²) < 4.78 is 0.550. The van der Waals surface area contributed by atoms with Crippen LogP contribution in [0.5, 0.6) is 0 Å². The van der Waals surface area contributed by atoms with Crippen LogP contribution in [0.4, 0.5) is 0 Å². The molecule has 0 aliphatic carbocycles. The van der Waals surface area contributed by atoms with Gasteiger partial charge in [-0.2, -0.15) is 5.10 Å². The molecule has 0 radical (unpaired) electrons. The van der Waals surface area contributed by atoms with Gasteiger partial charge in [0.15, 0.2) is 0 Å². The van der Waals surface area contributed by atoms with Crippen LogP contribution in [-0.2, 0) is 12.8 Å². The summed E-state index contributed by atoms with van der Waals surface area (Å²) in [4.78, 5) is 16.4. The van der Waals surface area contributed by atoms with Gasteiger partial charge in [-0.3, -0.25) is 0 Å². The lowest BCUT2D eigenvalue weighted by Gasteiger charge is -2.06. The highest BCUT2D eigenvalue weighted by molar-refractivity contribution is 9.10. The first-order valence-corrected chi connectivity index (χ1v) is 8.09. The van der Waals surface area contributed by atoms with Crippen molar-refractivity contribution in [2.24, 2.45) is 0 Å². The van der Waals surface area contributed by atoms with E-state index >= 15 is 0 Å². The van der Waals surface area contributed by atoms with Gasteiger partial charge < -0.3 is 5.11 Å². The summed E-state index contributed by atoms with van der Waals surface area (Å²) in [7, 11) is 0. The second-order valence-corrected chi connectivity index (χ2v) is 6.14. The van der Waals surface area contributed by atoms with Crippen molar-refractivity contribution in [3.8, 4) is 0 Å². The number of aryl methyl sites for hydroxylation is 2. The Bertz CT molecular complexity index is 679. The van der Waals surface area contributed by atoms with Crippen molar-refractivity contribution in [2.75, 3.05) is 0 Å². The molecule has 0 amide bonds. The maximum absolute atomic E-state index is 11.1. The van der Waals surface area contributed by atoms with E-state index in [-0.39, 0.29) is 5.56 Å². The lowest BCUT2D eigenvalue weighted by atomic mass is 10.2. The number of aromatic carboxylic acids is 1. The van der Waals surface area contributed by atoms with Gasteiger partial charge in [0.25, 0.3) is 0 Å². The predicted molar refractivity (Wildman–Crippen MR) is 83.8 cm³/mol. The zero-order valence-corrected chi connectivity index (χ0v) is 14.0. The number of benzene rings is 1. The molecule has 0 atom stereocenters. The van der Waals surface area contributed by atoms with Gasteiger partial charge in [0.2, 0.25) is 5.16 Å². The molecule has 0 unspecified atom stereocenters. The zero-order chi connectivity index (χ0) is 15.4. The lowest BCUT2D eigenvalue weighted by Crippen LogP contribution is -2.03. The summed E-state index contributed by atoms with van der Waals surface area (Å²) in [6, 6.07) is 5.13. The summed E-state index contributed by atoms with van der Waals surface area (Å²) >= 11 is 4.53. The van der Waals surface area contributed by atoms with Crippen LogP contribution in [0, 0.1) is 0 Å². The first-order chi connectivity index (χ1) is 10.0. The van der Waals surface area contributed by atoms with E-state index in [0.717, 1.165) is 29.1 Å². The Morgan fingerprint density at radius 2 is 1.95 bits per heavy atom. The molecule has 1 aromatic heterocycles.